The van der Waals surface area contributed by atoms with E-state index in [-0.39, 0.29) is 0 Å². The smallest absolute Gasteiger partial charge is 0.160 e. The summed E-state index contributed by atoms with van der Waals surface area (Å²) >= 11 is 1.82. The molecule has 0 saturated heterocycles. The van der Waals surface area contributed by atoms with Gasteiger partial charge in [0.1, 0.15) is 11.5 Å². The second kappa shape index (κ2) is 12.4. The van der Waals surface area contributed by atoms with Crippen LogP contribution in [0.25, 0.3) is 76.3 Å². The predicted molar refractivity (Wildman–Crippen MR) is 234 cm³/mol. The lowest BCUT2D eigenvalue weighted by Gasteiger charge is -2.39. The van der Waals surface area contributed by atoms with Crippen LogP contribution >= 0.6 is 11.3 Å². The molecule has 2 aliphatic rings. The first-order valence-electron chi connectivity index (χ1n) is 19.3. The second-order valence-electron chi connectivity index (χ2n) is 14.9. The van der Waals surface area contributed by atoms with Crippen molar-refractivity contribution in [2.75, 3.05) is 0 Å². The Hall–Kier alpha value is -7.14. The van der Waals surface area contributed by atoms with Crippen molar-refractivity contribution in [1.82, 2.24) is 9.97 Å². The van der Waals surface area contributed by atoms with Gasteiger partial charge < -0.3 is 4.74 Å². The number of thiophene rings is 1. The lowest BCUT2D eigenvalue weighted by Crippen LogP contribution is -2.32. The average molecular weight is 745 g/mol. The van der Waals surface area contributed by atoms with Crippen LogP contribution in [0.2, 0.25) is 0 Å². The summed E-state index contributed by atoms with van der Waals surface area (Å²) in [7, 11) is 0. The Bertz CT molecular complexity index is 3170. The molecule has 0 saturated carbocycles. The molecule has 1 spiro atoms. The first-order valence-corrected chi connectivity index (χ1v) is 20.1. The van der Waals surface area contributed by atoms with Crippen molar-refractivity contribution in [3.63, 3.8) is 0 Å². The molecule has 57 heavy (non-hydrogen) atoms. The van der Waals surface area contributed by atoms with E-state index in [1.807, 2.05) is 17.4 Å². The number of ether oxygens (including phenoxy) is 1. The Labute approximate surface area is 334 Å². The van der Waals surface area contributed by atoms with Gasteiger partial charge in [-0.2, -0.15) is 0 Å². The summed E-state index contributed by atoms with van der Waals surface area (Å²) in [5.41, 5.74) is 14.1. The standard InChI is InChI=1S/C53H32N2OS/c1-2-12-34(13-3-1)46-32-47(37-26-28-41-40-16-6-11-21-50(40)57-51(41)31-37)55-52(54-46)35-24-22-33(23-25-35)36-27-29-45-49(30-36)56-48-20-10-9-19-44(48)53(45)42-17-7-4-14-38(42)39-15-5-8-18-43(39)53/h1-32H. The molecule has 4 heteroatoms. The third-order valence-electron chi connectivity index (χ3n) is 11.8. The van der Waals surface area contributed by atoms with Crippen molar-refractivity contribution in [3.8, 4) is 67.7 Å². The Morgan fingerprint density at radius 2 is 0.947 bits per heavy atom. The van der Waals surface area contributed by atoms with Crippen LogP contribution in [0.4, 0.5) is 0 Å². The average Bonchev–Trinajstić information content (AvgIpc) is 3.80. The molecule has 0 bridgehead atoms. The minimum atomic E-state index is -0.472. The van der Waals surface area contributed by atoms with Gasteiger partial charge >= 0.3 is 0 Å². The molecule has 12 rings (SSSR count). The third kappa shape index (κ3) is 4.84. The molecule has 1 aliphatic heterocycles. The van der Waals surface area contributed by atoms with E-state index in [2.05, 4.69) is 188 Å². The topological polar surface area (TPSA) is 35.0 Å². The van der Waals surface area contributed by atoms with Crippen molar-refractivity contribution in [2.45, 2.75) is 5.41 Å². The lowest BCUT2D eigenvalue weighted by atomic mass is 9.66. The highest BCUT2D eigenvalue weighted by Crippen LogP contribution is 2.62. The van der Waals surface area contributed by atoms with Crippen molar-refractivity contribution in [3.05, 3.63) is 216 Å². The maximum atomic E-state index is 6.78. The van der Waals surface area contributed by atoms with Gasteiger partial charge in [0.15, 0.2) is 5.82 Å². The van der Waals surface area contributed by atoms with E-state index in [0.717, 1.165) is 56.3 Å². The van der Waals surface area contributed by atoms with E-state index in [1.165, 1.54) is 48.0 Å². The molecule has 3 heterocycles. The van der Waals surface area contributed by atoms with Gasteiger partial charge in [-0.3, -0.25) is 0 Å². The molecule has 0 atom stereocenters. The zero-order chi connectivity index (χ0) is 37.5. The van der Waals surface area contributed by atoms with Crippen LogP contribution in [0.3, 0.4) is 0 Å². The fourth-order valence-corrected chi connectivity index (χ4v) is 10.4. The van der Waals surface area contributed by atoms with E-state index < -0.39 is 5.41 Å². The molecule has 266 valence electrons. The molecule has 0 unspecified atom stereocenters. The molecule has 2 aromatic heterocycles. The quantitative estimate of drug-likeness (QED) is 0.180. The summed E-state index contributed by atoms with van der Waals surface area (Å²) < 4.78 is 9.33. The van der Waals surface area contributed by atoms with Gasteiger partial charge in [-0.05, 0) is 63.7 Å². The van der Waals surface area contributed by atoms with Gasteiger partial charge in [-0.25, -0.2) is 9.97 Å². The Balaban J connectivity index is 0.953. The van der Waals surface area contributed by atoms with Crippen molar-refractivity contribution >= 4 is 31.5 Å². The Morgan fingerprint density at radius 3 is 1.74 bits per heavy atom. The highest BCUT2D eigenvalue weighted by Gasteiger charge is 2.50. The van der Waals surface area contributed by atoms with Crippen molar-refractivity contribution < 1.29 is 4.74 Å². The number of fused-ring (bicyclic) bond motifs is 12. The monoisotopic (exact) mass is 744 g/mol. The third-order valence-corrected chi connectivity index (χ3v) is 12.9. The minimum absolute atomic E-state index is 0.472. The van der Waals surface area contributed by atoms with E-state index in [1.54, 1.807) is 0 Å². The van der Waals surface area contributed by atoms with Crippen LogP contribution in [-0.4, -0.2) is 9.97 Å². The van der Waals surface area contributed by atoms with Crippen molar-refractivity contribution in [1.29, 1.82) is 0 Å². The molecule has 0 radical (unpaired) electrons. The van der Waals surface area contributed by atoms with Crippen LogP contribution in [0.1, 0.15) is 22.3 Å². The molecular weight excluding hydrogens is 713 g/mol. The van der Waals surface area contributed by atoms with E-state index in [9.17, 15) is 0 Å². The summed E-state index contributed by atoms with van der Waals surface area (Å²) in [5, 5.41) is 2.57. The molecule has 0 amide bonds. The van der Waals surface area contributed by atoms with E-state index >= 15 is 0 Å². The summed E-state index contributed by atoms with van der Waals surface area (Å²) in [4.78, 5) is 10.3. The largest absolute Gasteiger partial charge is 0.457 e. The van der Waals surface area contributed by atoms with Crippen LogP contribution < -0.4 is 4.74 Å². The van der Waals surface area contributed by atoms with Crippen molar-refractivity contribution in [2.24, 2.45) is 0 Å². The molecule has 1 aliphatic carbocycles. The summed E-state index contributed by atoms with van der Waals surface area (Å²) in [6.07, 6.45) is 0. The molecule has 0 fully saturated rings. The number of hydrogen-bond acceptors (Lipinski definition) is 4. The highest BCUT2D eigenvalue weighted by atomic mass is 32.1. The van der Waals surface area contributed by atoms with Crippen LogP contribution in [0, 0.1) is 0 Å². The maximum absolute atomic E-state index is 6.78. The lowest BCUT2D eigenvalue weighted by molar-refractivity contribution is 0.436. The SMILES string of the molecule is c1ccc(-c2cc(-c3ccc4c(c3)sc3ccccc34)nc(-c3ccc(-c4ccc5c(c4)Oc4ccccc4C54c5ccccc5-c5ccccc54)cc3)n2)cc1. The molecule has 3 nitrogen and oxygen atoms in total. The van der Waals surface area contributed by atoms with Gasteiger partial charge in [0.25, 0.3) is 0 Å². The number of aromatic nitrogens is 2. The first kappa shape index (κ1) is 32.1. The highest BCUT2D eigenvalue weighted by molar-refractivity contribution is 7.25. The Morgan fingerprint density at radius 1 is 0.368 bits per heavy atom. The van der Waals surface area contributed by atoms with Crippen LogP contribution in [-0.2, 0) is 5.41 Å². The van der Waals surface area contributed by atoms with Gasteiger partial charge in [-0.15, -0.1) is 11.3 Å². The number of rotatable bonds is 4. The minimum Gasteiger partial charge on any atom is -0.457 e. The van der Waals surface area contributed by atoms with E-state index in [4.69, 9.17) is 14.7 Å². The zero-order valence-electron chi connectivity index (χ0n) is 30.7. The number of nitrogens with zero attached hydrogens (tertiary/aromatic N) is 2. The number of benzene rings is 8. The first-order chi connectivity index (χ1) is 28.2. The van der Waals surface area contributed by atoms with Gasteiger partial charge in [0, 0.05) is 48.0 Å². The summed E-state index contributed by atoms with van der Waals surface area (Å²) in [6, 6.07) is 69.3. The summed E-state index contributed by atoms with van der Waals surface area (Å²) in [6.45, 7) is 0. The summed E-state index contributed by atoms with van der Waals surface area (Å²) in [5.74, 6) is 2.46. The van der Waals surface area contributed by atoms with E-state index in [0.29, 0.717) is 5.82 Å². The fourth-order valence-electron chi connectivity index (χ4n) is 9.22. The number of hydrogen-bond donors (Lipinski definition) is 0. The molecule has 0 N–H and O–H groups in total. The zero-order valence-corrected chi connectivity index (χ0v) is 31.5. The molecular formula is C53H32N2OS. The fraction of sp³-hybridized carbons (Fsp3) is 0.0189. The van der Waals surface area contributed by atoms with Crippen LogP contribution in [0.15, 0.2) is 194 Å². The maximum Gasteiger partial charge on any atom is 0.160 e. The Kier molecular flexibility index (Phi) is 7.01. The van der Waals surface area contributed by atoms with Gasteiger partial charge in [0.05, 0.1) is 16.8 Å². The normalized spacial score (nSPS) is 13.2. The van der Waals surface area contributed by atoms with Crippen LogP contribution in [0.5, 0.6) is 11.5 Å². The predicted octanol–water partition coefficient (Wildman–Crippen LogP) is 14.0. The second-order valence-corrected chi connectivity index (χ2v) is 15.9. The molecule has 10 aromatic rings. The van der Waals surface area contributed by atoms with Gasteiger partial charge in [-0.1, -0.05) is 164 Å². The number of para-hydroxylation sites is 1. The molecule has 8 aromatic carbocycles. The van der Waals surface area contributed by atoms with Gasteiger partial charge in [0.2, 0.25) is 0 Å².